The fraction of sp³-hybridized carbons (Fsp3) is 0. The summed E-state index contributed by atoms with van der Waals surface area (Å²) in [4.78, 5) is 8.92. The van der Waals surface area contributed by atoms with Crippen molar-refractivity contribution in [1.82, 2.24) is 9.97 Å². The zero-order chi connectivity index (χ0) is 12.5. The Hall–Kier alpha value is -1.94. The Morgan fingerprint density at radius 1 is 0.889 bits per heavy atom. The zero-order valence-electron chi connectivity index (χ0n) is 9.47. The highest BCUT2D eigenvalue weighted by Crippen LogP contribution is 2.28. The molecule has 4 heteroatoms. The van der Waals surface area contributed by atoms with E-state index in [9.17, 15) is 0 Å². The van der Waals surface area contributed by atoms with E-state index in [0.717, 1.165) is 20.9 Å². The van der Waals surface area contributed by atoms with Gasteiger partial charge in [-0.3, -0.25) is 0 Å². The van der Waals surface area contributed by atoms with Gasteiger partial charge in [0.1, 0.15) is 5.82 Å². The SMILES string of the molecule is Nc1nc(-c2ccccc2Br)nc2ccccc12. The van der Waals surface area contributed by atoms with Crippen molar-refractivity contribution in [3.63, 3.8) is 0 Å². The van der Waals surface area contributed by atoms with Gasteiger partial charge in [-0.25, -0.2) is 9.97 Å². The normalized spacial score (nSPS) is 10.7. The van der Waals surface area contributed by atoms with E-state index < -0.39 is 0 Å². The Labute approximate surface area is 113 Å². The van der Waals surface area contributed by atoms with Crippen molar-refractivity contribution in [2.75, 3.05) is 5.73 Å². The van der Waals surface area contributed by atoms with Crippen molar-refractivity contribution in [3.05, 3.63) is 53.0 Å². The molecule has 3 nitrogen and oxygen atoms in total. The molecule has 1 aromatic heterocycles. The molecule has 0 aliphatic carbocycles. The Morgan fingerprint density at radius 3 is 2.44 bits per heavy atom. The van der Waals surface area contributed by atoms with Gasteiger partial charge in [0.2, 0.25) is 0 Å². The number of hydrogen-bond donors (Lipinski definition) is 1. The van der Waals surface area contributed by atoms with E-state index in [1.54, 1.807) is 0 Å². The predicted molar refractivity (Wildman–Crippen MR) is 77.1 cm³/mol. The van der Waals surface area contributed by atoms with Crippen LogP contribution in [-0.4, -0.2) is 9.97 Å². The second-order valence-corrected chi connectivity index (χ2v) is 4.78. The summed E-state index contributed by atoms with van der Waals surface area (Å²) in [5.41, 5.74) is 7.77. The third kappa shape index (κ3) is 1.84. The number of hydrogen-bond acceptors (Lipinski definition) is 3. The Kier molecular flexibility index (Phi) is 2.72. The van der Waals surface area contributed by atoms with Gasteiger partial charge in [0.25, 0.3) is 0 Å². The maximum Gasteiger partial charge on any atom is 0.163 e. The van der Waals surface area contributed by atoms with Gasteiger partial charge < -0.3 is 5.73 Å². The molecule has 1 heterocycles. The van der Waals surface area contributed by atoms with Gasteiger partial charge in [-0.2, -0.15) is 0 Å². The van der Waals surface area contributed by atoms with Crippen LogP contribution in [0.25, 0.3) is 22.3 Å². The molecular weight excluding hydrogens is 290 g/mol. The van der Waals surface area contributed by atoms with Crippen LogP contribution in [0.4, 0.5) is 5.82 Å². The summed E-state index contributed by atoms with van der Waals surface area (Å²) in [6, 6.07) is 15.6. The number of anilines is 1. The van der Waals surface area contributed by atoms with Crippen LogP contribution in [-0.2, 0) is 0 Å². The van der Waals surface area contributed by atoms with Crippen molar-refractivity contribution < 1.29 is 0 Å². The van der Waals surface area contributed by atoms with E-state index in [1.165, 1.54) is 0 Å². The molecule has 0 aliphatic heterocycles. The van der Waals surface area contributed by atoms with Gasteiger partial charge in [-0.1, -0.05) is 46.3 Å². The number of nitrogens with zero attached hydrogens (tertiary/aromatic N) is 2. The molecule has 3 rings (SSSR count). The van der Waals surface area contributed by atoms with Gasteiger partial charge in [0.05, 0.1) is 5.52 Å². The first-order valence-corrected chi connectivity index (χ1v) is 6.32. The summed E-state index contributed by atoms with van der Waals surface area (Å²) in [5, 5.41) is 0.883. The Bertz CT molecular complexity index is 725. The molecular formula is C14H10BrN3. The minimum Gasteiger partial charge on any atom is -0.383 e. The number of rotatable bonds is 1. The van der Waals surface area contributed by atoms with Crippen molar-refractivity contribution in [2.45, 2.75) is 0 Å². The quantitative estimate of drug-likeness (QED) is 0.746. The lowest BCUT2D eigenvalue weighted by Crippen LogP contribution is -1.97. The number of aromatic nitrogens is 2. The third-order valence-electron chi connectivity index (χ3n) is 2.75. The molecule has 0 aliphatic rings. The number of benzene rings is 2. The van der Waals surface area contributed by atoms with Gasteiger partial charge >= 0.3 is 0 Å². The third-order valence-corrected chi connectivity index (χ3v) is 3.44. The van der Waals surface area contributed by atoms with E-state index >= 15 is 0 Å². The van der Waals surface area contributed by atoms with Crippen LogP contribution >= 0.6 is 15.9 Å². The molecule has 2 N–H and O–H groups in total. The number of fused-ring (bicyclic) bond motifs is 1. The van der Waals surface area contributed by atoms with Crippen molar-refractivity contribution in [1.29, 1.82) is 0 Å². The molecule has 2 aromatic carbocycles. The molecule has 88 valence electrons. The van der Waals surface area contributed by atoms with E-state index in [0.29, 0.717) is 11.6 Å². The molecule has 0 spiro atoms. The molecule has 0 fully saturated rings. The fourth-order valence-electron chi connectivity index (χ4n) is 1.86. The van der Waals surface area contributed by atoms with E-state index in [-0.39, 0.29) is 0 Å². The van der Waals surface area contributed by atoms with Crippen LogP contribution < -0.4 is 5.73 Å². The average Bonchev–Trinajstić information content (AvgIpc) is 2.39. The minimum atomic E-state index is 0.506. The first-order chi connectivity index (χ1) is 8.75. The molecule has 0 atom stereocenters. The maximum atomic E-state index is 5.98. The molecule has 0 unspecified atom stereocenters. The second kappa shape index (κ2) is 4.38. The molecule has 0 saturated heterocycles. The first kappa shape index (κ1) is 11.2. The van der Waals surface area contributed by atoms with E-state index in [1.807, 2.05) is 48.5 Å². The summed E-state index contributed by atoms with van der Waals surface area (Å²) in [6.07, 6.45) is 0. The highest BCUT2D eigenvalue weighted by atomic mass is 79.9. The summed E-state index contributed by atoms with van der Waals surface area (Å²) in [7, 11) is 0. The van der Waals surface area contributed by atoms with Gasteiger partial charge in [0.15, 0.2) is 5.82 Å². The first-order valence-electron chi connectivity index (χ1n) is 5.53. The highest BCUT2D eigenvalue weighted by Gasteiger charge is 2.08. The standard InChI is InChI=1S/C14H10BrN3/c15-11-7-3-1-5-9(11)14-17-12-8-4-2-6-10(12)13(16)18-14/h1-8H,(H2,16,17,18). The van der Waals surface area contributed by atoms with E-state index in [2.05, 4.69) is 25.9 Å². The topological polar surface area (TPSA) is 51.8 Å². The van der Waals surface area contributed by atoms with Crippen LogP contribution in [0.3, 0.4) is 0 Å². The van der Waals surface area contributed by atoms with Gasteiger partial charge in [-0.15, -0.1) is 0 Å². The van der Waals surface area contributed by atoms with Crippen LogP contribution in [0, 0.1) is 0 Å². The van der Waals surface area contributed by atoms with Crippen molar-refractivity contribution in [3.8, 4) is 11.4 Å². The fourth-order valence-corrected chi connectivity index (χ4v) is 2.33. The lowest BCUT2D eigenvalue weighted by molar-refractivity contribution is 1.23. The second-order valence-electron chi connectivity index (χ2n) is 3.93. The molecule has 18 heavy (non-hydrogen) atoms. The summed E-state index contributed by atoms with van der Waals surface area (Å²) < 4.78 is 0.958. The van der Waals surface area contributed by atoms with Crippen molar-refractivity contribution in [2.24, 2.45) is 0 Å². The van der Waals surface area contributed by atoms with E-state index in [4.69, 9.17) is 5.73 Å². The summed E-state index contributed by atoms with van der Waals surface area (Å²) in [6.45, 7) is 0. The summed E-state index contributed by atoms with van der Waals surface area (Å²) in [5.74, 6) is 1.14. The monoisotopic (exact) mass is 299 g/mol. The molecule has 0 saturated carbocycles. The molecule has 0 bridgehead atoms. The number of halogens is 1. The van der Waals surface area contributed by atoms with Crippen molar-refractivity contribution >= 4 is 32.7 Å². The van der Waals surface area contributed by atoms with Gasteiger partial charge in [-0.05, 0) is 18.2 Å². The molecule has 0 amide bonds. The Morgan fingerprint density at radius 2 is 1.61 bits per heavy atom. The maximum absolute atomic E-state index is 5.98. The molecule has 3 aromatic rings. The molecule has 0 radical (unpaired) electrons. The average molecular weight is 300 g/mol. The minimum absolute atomic E-state index is 0.506. The lowest BCUT2D eigenvalue weighted by Gasteiger charge is -2.06. The Balaban J connectivity index is 2.28. The van der Waals surface area contributed by atoms with Crippen LogP contribution in [0.15, 0.2) is 53.0 Å². The number of nitrogens with two attached hydrogens (primary N) is 1. The van der Waals surface area contributed by atoms with Gasteiger partial charge in [0, 0.05) is 15.4 Å². The number of para-hydroxylation sites is 1. The largest absolute Gasteiger partial charge is 0.383 e. The van der Waals surface area contributed by atoms with Crippen LogP contribution in [0.5, 0.6) is 0 Å². The van der Waals surface area contributed by atoms with Crippen LogP contribution in [0.1, 0.15) is 0 Å². The smallest absolute Gasteiger partial charge is 0.163 e. The highest BCUT2D eigenvalue weighted by molar-refractivity contribution is 9.10. The number of nitrogen functional groups attached to an aromatic ring is 1. The predicted octanol–water partition coefficient (Wildman–Crippen LogP) is 3.64. The lowest BCUT2D eigenvalue weighted by atomic mass is 10.2. The summed E-state index contributed by atoms with van der Waals surface area (Å²) >= 11 is 3.50. The van der Waals surface area contributed by atoms with Crippen LogP contribution in [0.2, 0.25) is 0 Å². The zero-order valence-corrected chi connectivity index (χ0v) is 11.1.